The van der Waals surface area contributed by atoms with E-state index in [0.717, 1.165) is 6.07 Å². The van der Waals surface area contributed by atoms with Crippen molar-refractivity contribution in [1.29, 1.82) is 0 Å². The summed E-state index contributed by atoms with van der Waals surface area (Å²) in [6, 6.07) is 2.43. The number of H-pyrrole nitrogens is 2. The van der Waals surface area contributed by atoms with Crippen LogP contribution in [0.4, 0.5) is 5.69 Å². The van der Waals surface area contributed by atoms with E-state index in [2.05, 4.69) is 9.97 Å². The summed E-state index contributed by atoms with van der Waals surface area (Å²) in [6.45, 7) is 0. The van der Waals surface area contributed by atoms with Crippen LogP contribution >= 0.6 is 11.6 Å². The van der Waals surface area contributed by atoms with Crippen molar-refractivity contribution in [3.8, 4) is 0 Å². The highest BCUT2D eigenvalue weighted by Crippen LogP contribution is 2.26. The van der Waals surface area contributed by atoms with E-state index in [1.165, 1.54) is 6.07 Å². The van der Waals surface area contributed by atoms with Gasteiger partial charge in [0.25, 0.3) is 5.69 Å². The molecule has 2 aromatic rings. The van der Waals surface area contributed by atoms with Gasteiger partial charge in [0.1, 0.15) is 5.52 Å². The van der Waals surface area contributed by atoms with Crippen molar-refractivity contribution in [2.45, 2.75) is 0 Å². The number of nitro groups is 1. The molecule has 0 saturated heterocycles. The first-order valence-corrected chi connectivity index (χ1v) is 4.47. The molecule has 82 valence electrons. The number of hydrogen-bond donors (Lipinski definition) is 2. The number of rotatable bonds is 1. The molecule has 0 aliphatic heterocycles. The van der Waals surface area contributed by atoms with E-state index in [1.807, 2.05) is 0 Å². The van der Waals surface area contributed by atoms with Crippen molar-refractivity contribution in [2.75, 3.05) is 0 Å². The Hall–Kier alpha value is -2.15. The molecule has 0 aliphatic rings. The van der Waals surface area contributed by atoms with Gasteiger partial charge in [0.05, 0.1) is 15.5 Å². The Kier molecular flexibility index (Phi) is 2.24. The fraction of sp³-hybridized carbons (Fsp3) is 0. The lowest BCUT2D eigenvalue weighted by Gasteiger charge is -2.00. The van der Waals surface area contributed by atoms with Gasteiger partial charge in [-0.2, -0.15) is 0 Å². The Morgan fingerprint density at radius 2 is 1.69 bits per heavy atom. The van der Waals surface area contributed by atoms with Crippen molar-refractivity contribution in [3.05, 3.63) is 48.0 Å². The fourth-order valence-corrected chi connectivity index (χ4v) is 1.51. The first-order chi connectivity index (χ1) is 7.50. The highest BCUT2D eigenvalue weighted by atomic mass is 35.5. The third-order valence-corrected chi connectivity index (χ3v) is 2.33. The van der Waals surface area contributed by atoms with Crippen LogP contribution in [0.1, 0.15) is 0 Å². The topological polar surface area (TPSA) is 109 Å². The average Bonchev–Trinajstić information content (AvgIpc) is 2.21. The number of hydrogen-bond acceptors (Lipinski definition) is 4. The SMILES string of the molecule is O=c1[nH]c2c(Cl)ccc([N+](=O)[O-])c2[nH]c1=O. The number of nitro benzene ring substituents is 1. The van der Waals surface area contributed by atoms with Crippen molar-refractivity contribution >= 4 is 28.3 Å². The van der Waals surface area contributed by atoms with E-state index in [9.17, 15) is 19.7 Å². The maximum atomic E-state index is 11.1. The molecular formula is C8H4ClN3O4. The maximum absolute atomic E-state index is 11.1. The minimum atomic E-state index is -0.960. The van der Waals surface area contributed by atoms with Gasteiger partial charge in [-0.25, -0.2) is 0 Å². The van der Waals surface area contributed by atoms with Gasteiger partial charge in [-0.05, 0) is 6.07 Å². The highest BCUT2D eigenvalue weighted by molar-refractivity contribution is 6.35. The molecule has 0 saturated carbocycles. The number of aromatic amines is 2. The zero-order chi connectivity index (χ0) is 11.9. The van der Waals surface area contributed by atoms with E-state index in [4.69, 9.17) is 11.6 Å². The van der Waals surface area contributed by atoms with Crippen LogP contribution in [-0.2, 0) is 0 Å². The molecule has 8 heteroatoms. The molecule has 16 heavy (non-hydrogen) atoms. The normalized spacial score (nSPS) is 10.6. The van der Waals surface area contributed by atoms with Crippen LogP contribution in [0.15, 0.2) is 21.7 Å². The lowest BCUT2D eigenvalue weighted by Crippen LogP contribution is -2.29. The number of halogens is 1. The molecule has 1 aromatic heterocycles. The molecule has 0 atom stereocenters. The fourth-order valence-electron chi connectivity index (χ4n) is 1.31. The number of aromatic nitrogens is 2. The van der Waals surface area contributed by atoms with Gasteiger partial charge in [-0.3, -0.25) is 19.7 Å². The minimum Gasteiger partial charge on any atom is -0.314 e. The smallest absolute Gasteiger partial charge is 0.314 e. The second kappa shape index (κ2) is 3.46. The van der Waals surface area contributed by atoms with Crippen molar-refractivity contribution in [3.63, 3.8) is 0 Å². The number of non-ortho nitro benzene ring substituents is 1. The first-order valence-electron chi connectivity index (χ1n) is 4.10. The zero-order valence-electron chi connectivity index (χ0n) is 7.61. The summed E-state index contributed by atoms with van der Waals surface area (Å²) in [6.07, 6.45) is 0. The largest absolute Gasteiger partial charge is 0.314 e. The summed E-state index contributed by atoms with van der Waals surface area (Å²) in [4.78, 5) is 36.4. The van der Waals surface area contributed by atoms with Gasteiger partial charge in [0.2, 0.25) is 0 Å². The number of fused-ring (bicyclic) bond motifs is 1. The number of nitrogens with zero attached hydrogens (tertiary/aromatic N) is 1. The predicted octanol–water partition coefficient (Wildman–Crippen LogP) is 0.778. The third-order valence-electron chi connectivity index (χ3n) is 2.01. The summed E-state index contributed by atoms with van der Waals surface area (Å²) in [5.41, 5.74) is -2.25. The lowest BCUT2D eigenvalue weighted by molar-refractivity contribution is -0.383. The summed E-state index contributed by atoms with van der Waals surface area (Å²) in [5, 5.41) is 10.8. The lowest BCUT2D eigenvalue weighted by atomic mass is 10.2. The second-order valence-electron chi connectivity index (χ2n) is 2.98. The van der Waals surface area contributed by atoms with Crippen LogP contribution in [0.2, 0.25) is 5.02 Å². The summed E-state index contributed by atoms with van der Waals surface area (Å²) >= 11 is 5.74. The molecule has 7 nitrogen and oxygen atoms in total. The Morgan fingerprint density at radius 1 is 1.12 bits per heavy atom. The monoisotopic (exact) mass is 241 g/mol. The van der Waals surface area contributed by atoms with Crippen LogP contribution in [-0.4, -0.2) is 14.9 Å². The van der Waals surface area contributed by atoms with Gasteiger partial charge in [0, 0.05) is 6.07 Å². The Balaban J connectivity index is 3.04. The van der Waals surface area contributed by atoms with E-state index in [1.54, 1.807) is 0 Å². The van der Waals surface area contributed by atoms with Gasteiger partial charge < -0.3 is 9.97 Å². The molecule has 0 aliphatic carbocycles. The van der Waals surface area contributed by atoms with Crippen LogP contribution < -0.4 is 11.1 Å². The molecule has 2 N–H and O–H groups in total. The second-order valence-corrected chi connectivity index (χ2v) is 3.39. The molecular weight excluding hydrogens is 238 g/mol. The van der Waals surface area contributed by atoms with Crippen LogP contribution in [0.25, 0.3) is 11.0 Å². The molecule has 0 spiro atoms. The van der Waals surface area contributed by atoms with Gasteiger partial charge >= 0.3 is 11.1 Å². The van der Waals surface area contributed by atoms with Crippen molar-refractivity contribution in [2.24, 2.45) is 0 Å². The summed E-state index contributed by atoms with van der Waals surface area (Å²) < 4.78 is 0. The van der Waals surface area contributed by atoms with E-state index in [-0.39, 0.29) is 21.7 Å². The Bertz CT molecular complexity index is 702. The van der Waals surface area contributed by atoms with Crippen molar-refractivity contribution in [1.82, 2.24) is 9.97 Å². The Morgan fingerprint density at radius 3 is 2.25 bits per heavy atom. The van der Waals surface area contributed by atoms with Crippen LogP contribution in [0.3, 0.4) is 0 Å². The highest BCUT2D eigenvalue weighted by Gasteiger charge is 2.15. The molecule has 0 unspecified atom stereocenters. The molecule has 0 radical (unpaired) electrons. The first kappa shape index (κ1) is 10.4. The zero-order valence-corrected chi connectivity index (χ0v) is 8.37. The molecule has 0 amide bonds. The van der Waals surface area contributed by atoms with Gasteiger partial charge in [-0.15, -0.1) is 0 Å². The molecule has 0 bridgehead atoms. The number of benzene rings is 1. The van der Waals surface area contributed by atoms with Crippen molar-refractivity contribution < 1.29 is 4.92 Å². The van der Waals surface area contributed by atoms with Crippen LogP contribution in [0, 0.1) is 10.1 Å². The van der Waals surface area contributed by atoms with E-state index in [0.29, 0.717) is 0 Å². The molecule has 1 heterocycles. The minimum absolute atomic E-state index is 0.0421. The molecule has 1 aromatic carbocycles. The van der Waals surface area contributed by atoms with Gasteiger partial charge in [0.15, 0.2) is 0 Å². The van der Waals surface area contributed by atoms with E-state index >= 15 is 0 Å². The van der Waals surface area contributed by atoms with E-state index < -0.39 is 16.0 Å². The van der Waals surface area contributed by atoms with Crippen LogP contribution in [0.5, 0.6) is 0 Å². The quantitative estimate of drug-likeness (QED) is 0.437. The standard InChI is InChI=1S/C8H4ClN3O4/c9-3-1-2-4(12(15)16)6-5(3)10-7(13)8(14)11-6/h1-2H,(H,10,13)(H,11,14). The molecule has 0 fully saturated rings. The average molecular weight is 242 g/mol. The number of nitrogens with one attached hydrogen (secondary N) is 2. The predicted molar refractivity (Wildman–Crippen MR) is 56.9 cm³/mol. The molecule has 2 rings (SSSR count). The van der Waals surface area contributed by atoms with Gasteiger partial charge in [-0.1, -0.05) is 11.6 Å². The Labute approximate surface area is 91.8 Å². The third kappa shape index (κ3) is 1.47. The summed E-state index contributed by atoms with van der Waals surface area (Å²) in [7, 11) is 0. The maximum Gasteiger partial charge on any atom is 0.314 e. The summed E-state index contributed by atoms with van der Waals surface area (Å²) in [5.74, 6) is 0.